The van der Waals surface area contributed by atoms with Crippen molar-refractivity contribution in [1.82, 2.24) is 0 Å². The Balaban J connectivity index is 2.91. The van der Waals surface area contributed by atoms with Gasteiger partial charge >= 0.3 is 5.97 Å². The standard InChI is InChI=1S/C11H11Cl3O3/c1-2-17-10(16)11(13,14)9(15)7-3-5-8(12)6-4-7/h3-6,9,15H,2H2,1H3. The fourth-order valence-corrected chi connectivity index (χ4v) is 1.68. The largest absolute Gasteiger partial charge is 0.464 e. The molecule has 1 unspecified atom stereocenters. The number of hydrogen-bond donors (Lipinski definition) is 1. The number of aliphatic hydroxyl groups excluding tert-OH is 1. The van der Waals surface area contributed by atoms with Crippen molar-refractivity contribution in [2.45, 2.75) is 17.4 Å². The molecule has 0 aromatic heterocycles. The molecule has 0 radical (unpaired) electrons. The molecule has 0 heterocycles. The fourth-order valence-electron chi connectivity index (χ4n) is 1.19. The maximum atomic E-state index is 11.5. The van der Waals surface area contributed by atoms with E-state index in [0.29, 0.717) is 10.6 Å². The molecule has 0 spiro atoms. The molecule has 0 aliphatic rings. The smallest absolute Gasteiger partial charge is 0.345 e. The molecule has 0 fully saturated rings. The summed E-state index contributed by atoms with van der Waals surface area (Å²) in [7, 11) is 0. The summed E-state index contributed by atoms with van der Waals surface area (Å²) in [5.74, 6) is -0.884. The fraction of sp³-hybridized carbons (Fsp3) is 0.364. The number of esters is 1. The summed E-state index contributed by atoms with van der Waals surface area (Å²) in [6, 6.07) is 6.20. The minimum absolute atomic E-state index is 0.132. The van der Waals surface area contributed by atoms with Crippen molar-refractivity contribution >= 4 is 40.8 Å². The van der Waals surface area contributed by atoms with Crippen molar-refractivity contribution in [3.8, 4) is 0 Å². The summed E-state index contributed by atoms with van der Waals surface area (Å²) in [6.45, 7) is 1.75. The van der Waals surface area contributed by atoms with E-state index in [-0.39, 0.29) is 6.61 Å². The summed E-state index contributed by atoms with van der Waals surface area (Å²) < 4.78 is 2.65. The predicted molar refractivity (Wildman–Crippen MR) is 67.5 cm³/mol. The molecule has 0 aliphatic heterocycles. The normalized spacial score (nSPS) is 13.2. The molecule has 94 valence electrons. The van der Waals surface area contributed by atoms with Gasteiger partial charge in [0.25, 0.3) is 0 Å². The first-order valence-electron chi connectivity index (χ1n) is 4.88. The molecule has 1 rings (SSSR count). The molecule has 1 aromatic carbocycles. The number of benzene rings is 1. The maximum absolute atomic E-state index is 11.5. The average Bonchev–Trinajstić information content (AvgIpc) is 2.29. The highest BCUT2D eigenvalue weighted by molar-refractivity contribution is 6.58. The van der Waals surface area contributed by atoms with Crippen molar-refractivity contribution in [2.24, 2.45) is 0 Å². The molecule has 0 aliphatic carbocycles. The van der Waals surface area contributed by atoms with Gasteiger partial charge in [0.15, 0.2) is 0 Å². The number of halogens is 3. The zero-order valence-corrected chi connectivity index (χ0v) is 11.3. The van der Waals surface area contributed by atoms with Crippen LogP contribution in [0.4, 0.5) is 0 Å². The van der Waals surface area contributed by atoms with Gasteiger partial charge in [-0.1, -0.05) is 46.9 Å². The molecule has 17 heavy (non-hydrogen) atoms. The first kappa shape index (κ1) is 14.6. The van der Waals surface area contributed by atoms with Gasteiger partial charge in [0.2, 0.25) is 4.33 Å². The third kappa shape index (κ3) is 3.49. The van der Waals surface area contributed by atoms with Crippen LogP contribution >= 0.6 is 34.8 Å². The number of aliphatic hydroxyl groups is 1. The van der Waals surface area contributed by atoms with Crippen LogP contribution < -0.4 is 0 Å². The highest BCUT2D eigenvalue weighted by Gasteiger charge is 2.44. The number of rotatable bonds is 4. The quantitative estimate of drug-likeness (QED) is 0.686. The molecule has 3 nitrogen and oxygen atoms in total. The van der Waals surface area contributed by atoms with Gasteiger partial charge in [0.05, 0.1) is 6.61 Å². The van der Waals surface area contributed by atoms with Gasteiger partial charge in [-0.2, -0.15) is 0 Å². The Morgan fingerprint density at radius 3 is 2.41 bits per heavy atom. The summed E-state index contributed by atoms with van der Waals surface area (Å²) >= 11 is 17.3. The lowest BCUT2D eigenvalue weighted by atomic mass is 10.1. The Kier molecular flexibility index (Phi) is 5.07. The highest BCUT2D eigenvalue weighted by Crippen LogP contribution is 2.37. The van der Waals surface area contributed by atoms with Gasteiger partial charge in [-0.05, 0) is 24.6 Å². The lowest BCUT2D eigenvalue weighted by Gasteiger charge is -2.23. The number of carbonyl (C=O) groups is 1. The first-order valence-corrected chi connectivity index (χ1v) is 6.01. The molecule has 0 saturated carbocycles. The van der Waals surface area contributed by atoms with E-state index in [1.165, 1.54) is 12.1 Å². The van der Waals surface area contributed by atoms with E-state index < -0.39 is 16.4 Å². The number of alkyl halides is 2. The second kappa shape index (κ2) is 5.91. The molecule has 6 heteroatoms. The lowest BCUT2D eigenvalue weighted by Crippen LogP contribution is -2.35. The SMILES string of the molecule is CCOC(=O)C(Cl)(Cl)C(O)c1ccc(Cl)cc1. The van der Waals surface area contributed by atoms with Crippen molar-refractivity contribution in [1.29, 1.82) is 0 Å². The molecule has 1 N–H and O–H groups in total. The van der Waals surface area contributed by atoms with Crippen molar-refractivity contribution in [2.75, 3.05) is 6.61 Å². The van der Waals surface area contributed by atoms with Crippen molar-refractivity contribution in [3.63, 3.8) is 0 Å². The minimum Gasteiger partial charge on any atom is -0.464 e. The summed E-state index contributed by atoms with van der Waals surface area (Å²) in [5, 5.41) is 10.4. The third-order valence-electron chi connectivity index (χ3n) is 2.08. The van der Waals surface area contributed by atoms with Crippen LogP contribution in [0, 0.1) is 0 Å². The zero-order chi connectivity index (χ0) is 13.1. The van der Waals surface area contributed by atoms with Gasteiger partial charge in [0, 0.05) is 5.02 Å². The molecular weight excluding hydrogens is 286 g/mol. The molecular formula is C11H11Cl3O3. The lowest BCUT2D eigenvalue weighted by molar-refractivity contribution is -0.146. The van der Waals surface area contributed by atoms with Crippen LogP contribution in [-0.2, 0) is 9.53 Å². The van der Waals surface area contributed by atoms with Crippen LogP contribution in [0.15, 0.2) is 24.3 Å². The van der Waals surface area contributed by atoms with E-state index in [1.807, 2.05) is 0 Å². The van der Waals surface area contributed by atoms with Crippen molar-refractivity contribution in [3.05, 3.63) is 34.9 Å². The van der Waals surface area contributed by atoms with Gasteiger partial charge in [-0.3, -0.25) is 0 Å². The molecule has 1 atom stereocenters. The van der Waals surface area contributed by atoms with Crippen LogP contribution in [0.2, 0.25) is 5.02 Å². The van der Waals surface area contributed by atoms with Gasteiger partial charge in [-0.15, -0.1) is 0 Å². The van der Waals surface area contributed by atoms with Gasteiger partial charge in [0.1, 0.15) is 6.10 Å². The molecule has 0 saturated heterocycles. The summed E-state index contributed by atoms with van der Waals surface area (Å²) in [4.78, 5) is 11.5. The van der Waals surface area contributed by atoms with E-state index >= 15 is 0 Å². The van der Waals surface area contributed by atoms with Crippen molar-refractivity contribution < 1.29 is 14.6 Å². The average molecular weight is 298 g/mol. The van der Waals surface area contributed by atoms with E-state index in [1.54, 1.807) is 19.1 Å². The zero-order valence-electron chi connectivity index (χ0n) is 8.99. The van der Waals surface area contributed by atoms with Crippen LogP contribution in [0.5, 0.6) is 0 Å². The Bertz CT molecular complexity index is 389. The number of ether oxygens (including phenoxy) is 1. The van der Waals surface area contributed by atoms with Crippen LogP contribution in [0.1, 0.15) is 18.6 Å². The number of hydrogen-bond acceptors (Lipinski definition) is 3. The second-order valence-electron chi connectivity index (χ2n) is 3.30. The second-order valence-corrected chi connectivity index (χ2v) is 5.12. The Morgan fingerprint density at radius 2 is 1.94 bits per heavy atom. The van der Waals surface area contributed by atoms with Gasteiger partial charge < -0.3 is 9.84 Å². The summed E-state index contributed by atoms with van der Waals surface area (Å²) in [5.41, 5.74) is 0.382. The monoisotopic (exact) mass is 296 g/mol. The summed E-state index contributed by atoms with van der Waals surface area (Å²) in [6.07, 6.45) is -1.39. The van der Waals surface area contributed by atoms with Crippen LogP contribution in [0.3, 0.4) is 0 Å². The van der Waals surface area contributed by atoms with Crippen LogP contribution in [-0.4, -0.2) is 22.0 Å². The first-order chi connectivity index (χ1) is 7.89. The van der Waals surface area contributed by atoms with Gasteiger partial charge in [-0.25, -0.2) is 4.79 Å². The topological polar surface area (TPSA) is 46.5 Å². The van der Waals surface area contributed by atoms with E-state index in [2.05, 4.69) is 4.74 Å². The maximum Gasteiger partial charge on any atom is 0.345 e. The minimum atomic E-state index is -2.04. The molecule has 0 bridgehead atoms. The molecule has 0 amide bonds. The van der Waals surface area contributed by atoms with E-state index in [9.17, 15) is 9.90 Å². The Hall–Kier alpha value is -0.480. The molecule has 1 aromatic rings. The third-order valence-corrected chi connectivity index (χ3v) is 3.05. The predicted octanol–water partition coefficient (Wildman–Crippen LogP) is 3.11. The Morgan fingerprint density at radius 1 is 1.41 bits per heavy atom. The Labute approximate surface area is 114 Å². The highest BCUT2D eigenvalue weighted by atomic mass is 35.5. The van der Waals surface area contributed by atoms with E-state index in [0.717, 1.165) is 0 Å². The van der Waals surface area contributed by atoms with Crippen LogP contribution in [0.25, 0.3) is 0 Å². The number of carbonyl (C=O) groups excluding carboxylic acids is 1. The van der Waals surface area contributed by atoms with E-state index in [4.69, 9.17) is 34.8 Å².